The van der Waals surface area contributed by atoms with Crippen molar-refractivity contribution in [1.29, 1.82) is 0 Å². The molecule has 0 spiro atoms. The van der Waals surface area contributed by atoms with Crippen LogP contribution in [-0.4, -0.2) is 91.1 Å². The molecule has 11 nitrogen and oxygen atoms in total. The van der Waals surface area contributed by atoms with Crippen molar-refractivity contribution in [3.8, 4) is 0 Å². The lowest BCUT2D eigenvalue weighted by atomic mass is 9.97. The van der Waals surface area contributed by atoms with Gasteiger partial charge in [0.05, 0.1) is 16.4 Å². The van der Waals surface area contributed by atoms with Gasteiger partial charge in [-0.2, -0.15) is 11.3 Å². The van der Waals surface area contributed by atoms with Crippen molar-refractivity contribution in [3.05, 3.63) is 92.7 Å². The van der Waals surface area contributed by atoms with Gasteiger partial charge >= 0.3 is 6.09 Å². The number of likely N-dealkylation sites (tertiary alicyclic amines) is 1. The third-order valence-electron chi connectivity index (χ3n) is 7.82. The Kier molecular flexibility index (Phi) is 11.7. The van der Waals surface area contributed by atoms with Gasteiger partial charge in [-0.3, -0.25) is 10.1 Å². The minimum Gasteiger partial charge on any atom is -0.445 e. The summed E-state index contributed by atoms with van der Waals surface area (Å²) in [5.74, 6) is 0.0350. The predicted molar refractivity (Wildman–Crippen MR) is 164 cm³/mol. The molecule has 0 unspecified atom stereocenters. The Labute approximate surface area is 256 Å². The van der Waals surface area contributed by atoms with Gasteiger partial charge in [-0.05, 0) is 83.9 Å². The second-order valence-corrected chi connectivity index (χ2v) is 13.4. The molecule has 2 aromatic carbocycles. The van der Waals surface area contributed by atoms with Crippen molar-refractivity contribution >= 4 is 33.1 Å². The Bertz CT molecular complexity index is 1410. The average Bonchev–Trinajstić information content (AvgIpc) is 3.56. The first-order chi connectivity index (χ1) is 20.7. The van der Waals surface area contributed by atoms with Crippen LogP contribution in [0.25, 0.3) is 0 Å². The molecule has 1 aromatic heterocycles. The van der Waals surface area contributed by atoms with Crippen LogP contribution < -0.4 is 0 Å². The van der Waals surface area contributed by atoms with Crippen molar-refractivity contribution in [2.24, 2.45) is 0 Å². The first-order valence-corrected chi connectivity index (χ1v) is 16.6. The van der Waals surface area contributed by atoms with E-state index in [1.807, 2.05) is 5.38 Å². The molecule has 1 aliphatic rings. The number of ether oxygens (including phenoxy) is 1. The topological polar surface area (TPSA) is 134 Å². The summed E-state index contributed by atoms with van der Waals surface area (Å²) in [6.45, 7) is 2.64. The van der Waals surface area contributed by atoms with Crippen LogP contribution in [-0.2, 0) is 21.4 Å². The molecule has 0 aliphatic carbocycles. The van der Waals surface area contributed by atoms with Gasteiger partial charge in [0.15, 0.2) is 0 Å². The van der Waals surface area contributed by atoms with Crippen LogP contribution in [0.15, 0.2) is 76.3 Å². The molecule has 0 saturated carbocycles. The molecule has 4 rings (SSSR count). The maximum absolute atomic E-state index is 13.1. The van der Waals surface area contributed by atoms with E-state index in [0.717, 1.165) is 44.5 Å². The minimum atomic E-state index is -3.60. The van der Waals surface area contributed by atoms with E-state index >= 15 is 0 Å². The zero-order valence-electron chi connectivity index (χ0n) is 24.2. The number of aliphatic hydroxyl groups is 1. The van der Waals surface area contributed by atoms with Crippen LogP contribution in [0.2, 0.25) is 0 Å². The zero-order chi connectivity index (χ0) is 30.8. The number of likely N-dealkylation sites (N-methyl/N-ethyl adjacent to an activating group) is 1. The molecule has 3 aromatic rings. The number of aliphatic hydroxyl groups excluding tert-OH is 1. The summed E-state index contributed by atoms with van der Waals surface area (Å²) in [6, 6.07) is 16.3. The lowest BCUT2D eigenvalue weighted by molar-refractivity contribution is -0.384. The van der Waals surface area contributed by atoms with Crippen LogP contribution in [0.5, 0.6) is 0 Å². The molecule has 1 saturated heterocycles. The number of nitro groups is 1. The Morgan fingerprint density at radius 2 is 1.84 bits per heavy atom. The van der Waals surface area contributed by atoms with Gasteiger partial charge in [0, 0.05) is 51.4 Å². The molecule has 1 atom stereocenters. The molecule has 1 aliphatic heterocycles. The largest absolute Gasteiger partial charge is 0.445 e. The lowest BCUT2D eigenvalue weighted by Gasteiger charge is -2.38. The summed E-state index contributed by atoms with van der Waals surface area (Å²) in [7, 11) is -1.97. The van der Waals surface area contributed by atoms with Gasteiger partial charge in [-0.1, -0.05) is 18.2 Å². The number of sulfonamides is 1. The summed E-state index contributed by atoms with van der Waals surface area (Å²) in [6.07, 6.45) is 1.70. The van der Waals surface area contributed by atoms with Gasteiger partial charge in [0.1, 0.15) is 6.61 Å². The van der Waals surface area contributed by atoms with E-state index in [1.54, 1.807) is 65.7 Å². The van der Waals surface area contributed by atoms with Crippen molar-refractivity contribution in [3.63, 3.8) is 0 Å². The predicted octanol–water partition coefficient (Wildman–Crippen LogP) is 4.55. The summed E-state index contributed by atoms with van der Waals surface area (Å²) < 4.78 is 33.2. The molecule has 13 heteroatoms. The van der Waals surface area contributed by atoms with E-state index < -0.39 is 21.0 Å². The minimum absolute atomic E-state index is 0.0178. The normalized spacial score (nSPS) is 15.3. The molecule has 0 radical (unpaired) electrons. The van der Waals surface area contributed by atoms with Gasteiger partial charge in [-0.15, -0.1) is 0 Å². The number of carbonyl (C=O) groups excluding carboxylic acids is 1. The van der Waals surface area contributed by atoms with E-state index in [2.05, 4.69) is 16.3 Å². The second-order valence-electron chi connectivity index (χ2n) is 10.6. The highest BCUT2D eigenvalue weighted by molar-refractivity contribution is 7.89. The number of hydrogen-bond acceptors (Lipinski definition) is 9. The second kappa shape index (κ2) is 15.4. The van der Waals surface area contributed by atoms with Gasteiger partial charge in [-0.25, -0.2) is 17.5 Å². The third kappa shape index (κ3) is 8.83. The Balaban J connectivity index is 1.30. The van der Waals surface area contributed by atoms with Crippen LogP contribution in [0.4, 0.5) is 10.5 Å². The fourth-order valence-electron chi connectivity index (χ4n) is 5.32. The monoisotopic (exact) mass is 630 g/mol. The molecule has 0 bridgehead atoms. The summed E-state index contributed by atoms with van der Waals surface area (Å²) in [5, 5.41) is 24.5. The Morgan fingerprint density at radius 1 is 1.14 bits per heavy atom. The van der Waals surface area contributed by atoms with E-state index in [0.29, 0.717) is 12.1 Å². The van der Waals surface area contributed by atoms with E-state index in [-0.39, 0.29) is 42.3 Å². The number of carbonyl (C=O) groups is 1. The fraction of sp³-hybridized carbons (Fsp3) is 0.433. The quantitative estimate of drug-likeness (QED) is 0.203. The number of non-ortho nitro benzene ring substituents is 1. The summed E-state index contributed by atoms with van der Waals surface area (Å²) in [4.78, 5) is 27.5. The number of hydrogen-bond donors (Lipinski definition) is 1. The highest BCUT2D eigenvalue weighted by Gasteiger charge is 2.30. The Hall–Kier alpha value is -3.36. The fourth-order valence-corrected chi connectivity index (χ4v) is 7.30. The van der Waals surface area contributed by atoms with Gasteiger partial charge in [0.25, 0.3) is 5.69 Å². The van der Waals surface area contributed by atoms with Gasteiger partial charge < -0.3 is 19.6 Å². The molecule has 1 amide bonds. The first kappa shape index (κ1) is 32.6. The number of benzene rings is 2. The molecule has 1 N–H and O–H groups in total. The van der Waals surface area contributed by atoms with Crippen molar-refractivity contribution in [2.75, 3.05) is 46.4 Å². The third-order valence-corrected chi connectivity index (χ3v) is 10.4. The molecule has 232 valence electrons. The maximum Gasteiger partial charge on any atom is 0.410 e. The number of nitro benzene ring substituents is 1. The van der Waals surface area contributed by atoms with Crippen molar-refractivity contribution in [2.45, 2.75) is 42.7 Å². The molecular formula is C30H38N4O7S2. The summed E-state index contributed by atoms with van der Waals surface area (Å²) >= 11 is 1.60. The smallest absolute Gasteiger partial charge is 0.410 e. The van der Waals surface area contributed by atoms with Crippen LogP contribution in [0, 0.1) is 10.1 Å². The molecule has 1 fully saturated rings. The maximum atomic E-state index is 13.1. The number of nitrogens with zero attached hydrogens (tertiary/aromatic N) is 4. The average molecular weight is 631 g/mol. The highest BCUT2D eigenvalue weighted by atomic mass is 32.2. The number of amides is 1. The highest BCUT2D eigenvalue weighted by Crippen LogP contribution is 2.27. The summed E-state index contributed by atoms with van der Waals surface area (Å²) in [5.41, 5.74) is 1.73. The lowest BCUT2D eigenvalue weighted by Crippen LogP contribution is -2.48. The number of piperidine rings is 1. The van der Waals surface area contributed by atoms with Crippen molar-refractivity contribution < 1.29 is 28.0 Å². The van der Waals surface area contributed by atoms with Crippen LogP contribution in [0.1, 0.15) is 36.3 Å². The molecule has 43 heavy (non-hydrogen) atoms. The van der Waals surface area contributed by atoms with E-state index in [1.165, 1.54) is 16.4 Å². The Morgan fingerprint density at radius 3 is 2.44 bits per heavy atom. The van der Waals surface area contributed by atoms with Crippen LogP contribution in [0.3, 0.4) is 0 Å². The molecular weight excluding hydrogens is 592 g/mol. The SMILES string of the molecule is CN(C[C@@H](CCN1CCC(N(CCO)C(=O)OCc2ccc([N+](=O)[O-])cc2)CC1)c1ccsc1)S(=O)(=O)c1ccccc1. The first-order valence-electron chi connectivity index (χ1n) is 14.2. The van der Waals surface area contributed by atoms with E-state index in [4.69, 9.17) is 4.74 Å². The number of thiophene rings is 1. The molecule has 2 heterocycles. The van der Waals surface area contributed by atoms with E-state index in [9.17, 15) is 28.4 Å². The standard InChI is InChI=1S/C30H38N4O7S2/c1-31(43(39,40)29-5-3-2-4-6-29)21-25(26-14-20-42-23-26)11-15-32-16-12-27(13-17-32)33(18-19-35)30(36)41-22-24-7-9-28(10-8-24)34(37)38/h2-10,14,20,23,25,27,35H,11-13,15-19,21-22H2,1H3/t25-/m1/s1. The van der Waals surface area contributed by atoms with Crippen molar-refractivity contribution in [1.82, 2.24) is 14.1 Å². The van der Waals surface area contributed by atoms with Crippen LogP contribution >= 0.6 is 11.3 Å². The van der Waals surface area contributed by atoms with Gasteiger partial charge in [0.2, 0.25) is 10.0 Å². The number of rotatable bonds is 14. The zero-order valence-corrected chi connectivity index (χ0v) is 25.8.